The summed E-state index contributed by atoms with van der Waals surface area (Å²) in [5.74, 6) is 1.02. The molecule has 7 aromatic carbocycles. The average molecular weight is 537 g/mol. The van der Waals surface area contributed by atoms with Crippen molar-refractivity contribution in [3.05, 3.63) is 138 Å². The molecule has 0 bridgehead atoms. The van der Waals surface area contributed by atoms with Gasteiger partial charge in [0, 0.05) is 10.9 Å². The number of aryl methyl sites for hydroxylation is 2. The molecule has 8 aromatic rings. The Balaban J connectivity index is 1.21. The van der Waals surface area contributed by atoms with Crippen LogP contribution in [0.4, 0.5) is 0 Å². The lowest BCUT2D eigenvalue weighted by molar-refractivity contribution is 0.595. The van der Waals surface area contributed by atoms with Crippen molar-refractivity contribution in [1.29, 1.82) is 0 Å². The molecule has 0 saturated carbocycles. The number of fused-ring (bicyclic) bond motifs is 3. The van der Waals surface area contributed by atoms with Crippen LogP contribution < -0.4 is 0 Å². The zero-order valence-electron chi connectivity index (χ0n) is 23.4. The van der Waals surface area contributed by atoms with Crippen LogP contribution in [0.5, 0.6) is 0 Å². The van der Waals surface area contributed by atoms with Gasteiger partial charge in [0.2, 0.25) is 0 Å². The van der Waals surface area contributed by atoms with Crippen molar-refractivity contribution in [2.24, 2.45) is 0 Å². The molecular weight excluding hydrogens is 508 g/mol. The fraction of sp³-hybridized carbons (Fsp3) is 0.0732. The standard InChI is InChI=1S/C41H28O/c1-25-9-11-26(12-10-25)32-18-13-27-16-22-37-33(19-14-28-15-21-36(32)40(27)41(28)37)31-6-4-5-29(23-31)30-17-20-35-34-7-2-3-8-38(34)42-39(35)24-30/h3-6,8-24H,2,7H2,1H3. The van der Waals surface area contributed by atoms with Crippen molar-refractivity contribution in [1.82, 2.24) is 0 Å². The van der Waals surface area contributed by atoms with E-state index < -0.39 is 0 Å². The van der Waals surface area contributed by atoms with Crippen molar-refractivity contribution < 1.29 is 4.42 Å². The van der Waals surface area contributed by atoms with Crippen LogP contribution in [0.15, 0.2) is 126 Å². The molecule has 42 heavy (non-hydrogen) atoms. The second-order valence-electron chi connectivity index (χ2n) is 11.7. The predicted molar refractivity (Wildman–Crippen MR) is 178 cm³/mol. The minimum absolute atomic E-state index is 0.974. The highest BCUT2D eigenvalue weighted by atomic mass is 16.3. The highest BCUT2D eigenvalue weighted by Gasteiger charge is 2.17. The first-order valence-electron chi connectivity index (χ1n) is 14.8. The third kappa shape index (κ3) is 3.50. The first-order valence-corrected chi connectivity index (χ1v) is 14.8. The molecule has 1 nitrogen and oxygen atoms in total. The Hall–Kier alpha value is -5.14. The Bertz CT molecular complexity index is 2350. The van der Waals surface area contributed by atoms with Gasteiger partial charge in [-0.1, -0.05) is 115 Å². The van der Waals surface area contributed by atoms with Crippen LogP contribution in [0.25, 0.3) is 82.7 Å². The topological polar surface area (TPSA) is 13.1 Å². The molecule has 1 heteroatoms. The van der Waals surface area contributed by atoms with Gasteiger partial charge < -0.3 is 4.42 Å². The number of rotatable bonds is 3. The lowest BCUT2D eigenvalue weighted by atomic mass is 9.87. The third-order valence-corrected chi connectivity index (χ3v) is 9.19. The van der Waals surface area contributed by atoms with E-state index in [4.69, 9.17) is 4.42 Å². The van der Waals surface area contributed by atoms with E-state index in [-0.39, 0.29) is 0 Å². The highest BCUT2D eigenvalue weighted by Crippen LogP contribution is 2.43. The van der Waals surface area contributed by atoms with Gasteiger partial charge >= 0.3 is 0 Å². The summed E-state index contributed by atoms with van der Waals surface area (Å²) in [7, 11) is 0. The lowest BCUT2D eigenvalue weighted by Gasteiger charge is -2.17. The maximum Gasteiger partial charge on any atom is 0.135 e. The van der Waals surface area contributed by atoms with Gasteiger partial charge in [0.1, 0.15) is 11.3 Å². The van der Waals surface area contributed by atoms with Crippen LogP contribution in [0, 0.1) is 6.92 Å². The van der Waals surface area contributed by atoms with Crippen molar-refractivity contribution >= 4 is 49.4 Å². The number of furan rings is 1. The molecule has 0 radical (unpaired) electrons. The van der Waals surface area contributed by atoms with Crippen LogP contribution in [0.3, 0.4) is 0 Å². The number of hydrogen-bond donors (Lipinski definition) is 0. The molecule has 0 spiro atoms. The van der Waals surface area contributed by atoms with Crippen molar-refractivity contribution in [3.8, 4) is 33.4 Å². The molecule has 0 N–H and O–H groups in total. The minimum Gasteiger partial charge on any atom is -0.456 e. The fourth-order valence-corrected chi connectivity index (χ4v) is 7.06. The first kappa shape index (κ1) is 23.6. The van der Waals surface area contributed by atoms with Gasteiger partial charge in [0.25, 0.3) is 0 Å². The molecule has 0 saturated heterocycles. The molecule has 9 rings (SSSR count). The summed E-state index contributed by atoms with van der Waals surface area (Å²) in [6, 6.07) is 42.8. The van der Waals surface area contributed by atoms with E-state index >= 15 is 0 Å². The molecule has 0 atom stereocenters. The Morgan fingerprint density at radius 2 is 1.17 bits per heavy atom. The molecule has 0 unspecified atom stereocenters. The summed E-state index contributed by atoms with van der Waals surface area (Å²) in [5, 5.41) is 9.11. The number of hydrogen-bond acceptors (Lipinski definition) is 1. The maximum absolute atomic E-state index is 6.25. The van der Waals surface area contributed by atoms with E-state index in [1.54, 1.807) is 0 Å². The largest absolute Gasteiger partial charge is 0.456 e. The van der Waals surface area contributed by atoms with Crippen LogP contribution in [0.1, 0.15) is 23.3 Å². The quantitative estimate of drug-likeness (QED) is 0.205. The Labute approximate surface area is 244 Å². The highest BCUT2D eigenvalue weighted by molar-refractivity contribution is 6.27. The minimum atomic E-state index is 0.974. The van der Waals surface area contributed by atoms with Gasteiger partial charge in [-0.2, -0.15) is 0 Å². The first-order chi connectivity index (χ1) is 20.7. The van der Waals surface area contributed by atoms with Gasteiger partial charge in [-0.25, -0.2) is 0 Å². The second kappa shape index (κ2) is 8.93. The Morgan fingerprint density at radius 1 is 0.548 bits per heavy atom. The molecule has 1 aliphatic carbocycles. The summed E-state index contributed by atoms with van der Waals surface area (Å²) in [6.07, 6.45) is 6.46. The summed E-state index contributed by atoms with van der Waals surface area (Å²) in [6.45, 7) is 2.14. The summed E-state index contributed by atoms with van der Waals surface area (Å²) < 4.78 is 6.25. The smallest absolute Gasteiger partial charge is 0.135 e. The SMILES string of the molecule is Cc1ccc(-c2ccc3ccc4c(-c5cccc(-c6ccc7c8c(oc7c6)C=CCC8)c5)ccc5ccc2c3c54)cc1. The second-order valence-corrected chi connectivity index (χ2v) is 11.7. The molecule has 198 valence electrons. The number of benzene rings is 7. The van der Waals surface area contributed by atoms with E-state index in [0.29, 0.717) is 0 Å². The molecule has 1 heterocycles. The summed E-state index contributed by atoms with van der Waals surface area (Å²) >= 11 is 0. The van der Waals surface area contributed by atoms with Crippen LogP contribution in [-0.2, 0) is 6.42 Å². The Morgan fingerprint density at radius 3 is 1.93 bits per heavy atom. The molecule has 0 fully saturated rings. The maximum atomic E-state index is 6.25. The fourth-order valence-electron chi connectivity index (χ4n) is 7.06. The molecule has 1 aromatic heterocycles. The predicted octanol–water partition coefficient (Wildman–Crippen LogP) is 11.6. The van der Waals surface area contributed by atoms with E-state index in [0.717, 1.165) is 24.2 Å². The van der Waals surface area contributed by atoms with Gasteiger partial charge in [0.15, 0.2) is 0 Å². The third-order valence-electron chi connectivity index (χ3n) is 9.19. The lowest BCUT2D eigenvalue weighted by Crippen LogP contribution is -1.90. The van der Waals surface area contributed by atoms with E-state index in [2.05, 4.69) is 134 Å². The van der Waals surface area contributed by atoms with Crippen molar-refractivity contribution in [3.63, 3.8) is 0 Å². The Kier molecular flexibility index (Phi) is 5.01. The summed E-state index contributed by atoms with van der Waals surface area (Å²) in [5.41, 5.74) is 11.0. The van der Waals surface area contributed by atoms with Crippen LogP contribution >= 0.6 is 0 Å². The number of allylic oxidation sites excluding steroid dienone is 1. The van der Waals surface area contributed by atoms with Crippen molar-refractivity contribution in [2.45, 2.75) is 19.8 Å². The summed E-state index contributed by atoms with van der Waals surface area (Å²) in [4.78, 5) is 0. The molecular formula is C41H28O. The van der Waals surface area contributed by atoms with Gasteiger partial charge in [-0.15, -0.1) is 0 Å². The van der Waals surface area contributed by atoms with E-state index in [1.807, 2.05) is 0 Å². The van der Waals surface area contributed by atoms with Crippen LogP contribution in [-0.4, -0.2) is 0 Å². The average Bonchev–Trinajstić information content (AvgIpc) is 3.42. The molecule has 0 amide bonds. The molecule has 1 aliphatic rings. The van der Waals surface area contributed by atoms with E-state index in [1.165, 1.54) is 82.2 Å². The molecule has 0 aliphatic heterocycles. The van der Waals surface area contributed by atoms with Crippen LogP contribution in [0.2, 0.25) is 0 Å². The zero-order valence-corrected chi connectivity index (χ0v) is 23.4. The zero-order chi connectivity index (χ0) is 27.8. The monoisotopic (exact) mass is 536 g/mol. The van der Waals surface area contributed by atoms with Crippen molar-refractivity contribution in [2.75, 3.05) is 0 Å². The van der Waals surface area contributed by atoms with Gasteiger partial charge in [-0.3, -0.25) is 0 Å². The van der Waals surface area contributed by atoms with Gasteiger partial charge in [-0.05, 0) is 104 Å². The normalized spacial score (nSPS) is 13.1. The van der Waals surface area contributed by atoms with Gasteiger partial charge in [0.05, 0.1) is 0 Å². The van der Waals surface area contributed by atoms with E-state index in [9.17, 15) is 0 Å².